The van der Waals surface area contributed by atoms with Gasteiger partial charge in [-0.2, -0.15) is 0 Å². The molecule has 0 atom stereocenters. The molecule has 1 aromatic heterocycles. The van der Waals surface area contributed by atoms with Gasteiger partial charge in [0.05, 0.1) is 5.02 Å². The molecule has 0 spiro atoms. The summed E-state index contributed by atoms with van der Waals surface area (Å²) in [6.45, 7) is 2.06. The second-order valence-corrected chi connectivity index (χ2v) is 3.79. The maximum atomic E-state index is 5.75. The summed E-state index contributed by atoms with van der Waals surface area (Å²) in [5.74, 6) is 0.795. The Bertz CT molecular complexity index is 391. The van der Waals surface area contributed by atoms with Crippen LogP contribution in [0.15, 0.2) is 42.6 Å². The van der Waals surface area contributed by atoms with Crippen LogP contribution >= 0.6 is 11.6 Å². The first kappa shape index (κ1) is 9.99. The molecule has 3 heteroatoms. The number of aryl methyl sites for hydroxylation is 1. The highest BCUT2D eigenvalue weighted by molar-refractivity contribution is 6.30. The Morgan fingerprint density at radius 1 is 1.07 bits per heavy atom. The number of pyridine rings is 1. The molecule has 2 aromatic rings. The zero-order valence-corrected chi connectivity index (χ0v) is 9.12. The molecule has 0 bridgehead atoms. The fourth-order valence-electron chi connectivity index (χ4n) is 1.23. The molecule has 1 heterocycles. The van der Waals surface area contributed by atoms with E-state index in [0.717, 1.165) is 11.5 Å². The molecule has 0 aliphatic rings. The van der Waals surface area contributed by atoms with Crippen molar-refractivity contribution in [2.75, 3.05) is 5.32 Å². The lowest BCUT2D eigenvalue weighted by Gasteiger charge is -2.05. The van der Waals surface area contributed by atoms with Gasteiger partial charge in [-0.1, -0.05) is 29.3 Å². The lowest BCUT2D eigenvalue weighted by molar-refractivity contribution is 1.31. The first-order valence-corrected chi connectivity index (χ1v) is 5.07. The minimum atomic E-state index is 0.643. The smallest absolute Gasteiger partial charge is 0.130 e. The van der Waals surface area contributed by atoms with Gasteiger partial charge in [-0.05, 0) is 31.2 Å². The van der Waals surface area contributed by atoms with Crippen molar-refractivity contribution >= 4 is 23.1 Å². The Labute approximate surface area is 93.9 Å². The van der Waals surface area contributed by atoms with Crippen molar-refractivity contribution in [1.29, 1.82) is 0 Å². The van der Waals surface area contributed by atoms with Gasteiger partial charge in [0.25, 0.3) is 0 Å². The molecule has 2 rings (SSSR count). The summed E-state index contributed by atoms with van der Waals surface area (Å²) in [6, 6.07) is 11.8. The Kier molecular flexibility index (Phi) is 2.88. The number of hydrogen-bond donors (Lipinski definition) is 1. The van der Waals surface area contributed by atoms with E-state index < -0.39 is 0 Å². The fraction of sp³-hybridized carbons (Fsp3) is 0.0833. The minimum absolute atomic E-state index is 0.643. The molecule has 0 unspecified atom stereocenters. The van der Waals surface area contributed by atoms with Crippen molar-refractivity contribution in [1.82, 2.24) is 4.98 Å². The van der Waals surface area contributed by atoms with Crippen LogP contribution in [0.25, 0.3) is 0 Å². The van der Waals surface area contributed by atoms with Gasteiger partial charge in [0, 0.05) is 11.9 Å². The fourth-order valence-corrected chi connectivity index (χ4v) is 1.35. The predicted octanol–water partition coefficient (Wildman–Crippen LogP) is 3.79. The Hall–Kier alpha value is -1.54. The van der Waals surface area contributed by atoms with E-state index >= 15 is 0 Å². The van der Waals surface area contributed by atoms with Crippen LogP contribution in [0.3, 0.4) is 0 Å². The summed E-state index contributed by atoms with van der Waals surface area (Å²) in [5, 5.41) is 3.83. The highest BCUT2D eigenvalue weighted by Crippen LogP contribution is 2.16. The van der Waals surface area contributed by atoms with Gasteiger partial charge in [-0.25, -0.2) is 4.98 Å². The zero-order valence-electron chi connectivity index (χ0n) is 8.37. The third-order valence-electron chi connectivity index (χ3n) is 2.05. The highest BCUT2D eigenvalue weighted by atomic mass is 35.5. The summed E-state index contributed by atoms with van der Waals surface area (Å²) < 4.78 is 0. The lowest BCUT2D eigenvalue weighted by atomic mass is 10.2. The molecule has 2 nitrogen and oxygen atoms in total. The molecule has 0 saturated heterocycles. The topological polar surface area (TPSA) is 24.9 Å². The van der Waals surface area contributed by atoms with E-state index in [-0.39, 0.29) is 0 Å². The zero-order chi connectivity index (χ0) is 10.7. The van der Waals surface area contributed by atoms with Crippen LogP contribution in [-0.2, 0) is 0 Å². The molecular weight excluding hydrogens is 208 g/mol. The van der Waals surface area contributed by atoms with Gasteiger partial charge in [-0.3, -0.25) is 0 Å². The number of nitrogens with zero attached hydrogens (tertiary/aromatic N) is 1. The molecule has 0 aliphatic heterocycles. The van der Waals surface area contributed by atoms with Crippen molar-refractivity contribution in [3.63, 3.8) is 0 Å². The Morgan fingerprint density at radius 3 is 2.40 bits per heavy atom. The van der Waals surface area contributed by atoms with Crippen LogP contribution in [0.2, 0.25) is 5.02 Å². The molecule has 0 radical (unpaired) electrons. The van der Waals surface area contributed by atoms with Gasteiger partial charge < -0.3 is 5.32 Å². The van der Waals surface area contributed by atoms with Crippen LogP contribution in [-0.4, -0.2) is 4.98 Å². The van der Waals surface area contributed by atoms with Gasteiger partial charge >= 0.3 is 0 Å². The number of halogens is 1. The quantitative estimate of drug-likeness (QED) is 0.830. The third-order valence-corrected chi connectivity index (χ3v) is 2.27. The van der Waals surface area contributed by atoms with Crippen molar-refractivity contribution < 1.29 is 0 Å². The molecule has 15 heavy (non-hydrogen) atoms. The van der Waals surface area contributed by atoms with Crippen LogP contribution in [0, 0.1) is 6.92 Å². The summed E-state index contributed by atoms with van der Waals surface area (Å²) in [6.07, 6.45) is 1.62. The van der Waals surface area contributed by atoms with Crippen molar-refractivity contribution in [3.8, 4) is 0 Å². The maximum absolute atomic E-state index is 5.75. The molecule has 0 fully saturated rings. The van der Waals surface area contributed by atoms with E-state index in [1.54, 1.807) is 6.20 Å². The Balaban J connectivity index is 2.15. The SMILES string of the molecule is Cc1ccc(Nc2ccc(Cl)cn2)cc1. The second-order valence-electron chi connectivity index (χ2n) is 3.35. The van der Waals surface area contributed by atoms with Crippen LogP contribution < -0.4 is 5.32 Å². The van der Waals surface area contributed by atoms with E-state index in [1.165, 1.54) is 5.56 Å². The molecule has 1 N–H and O–H groups in total. The van der Waals surface area contributed by atoms with E-state index in [0.29, 0.717) is 5.02 Å². The number of hydrogen-bond acceptors (Lipinski definition) is 2. The molecule has 0 amide bonds. The summed E-state index contributed by atoms with van der Waals surface area (Å²) in [7, 11) is 0. The number of aromatic nitrogens is 1. The highest BCUT2D eigenvalue weighted by Gasteiger charge is 1.95. The van der Waals surface area contributed by atoms with Gasteiger partial charge in [0.1, 0.15) is 5.82 Å². The maximum Gasteiger partial charge on any atom is 0.130 e. The monoisotopic (exact) mass is 218 g/mol. The first-order chi connectivity index (χ1) is 7.24. The van der Waals surface area contributed by atoms with E-state index in [1.807, 2.05) is 24.3 Å². The first-order valence-electron chi connectivity index (χ1n) is 4.69. The van der Waals surface area contributed by atoms with E-state index in [9.17, 15) is 0 Å². The molecule has 76 valence electrons. The number of nitrogens with one attached hydrogen (secondary N) is 1. The number of rotatable bonds is 2. The summed E-state index contributed by atoms with van der Waals surface area (Å²) >= 11 is 5.75. The van der Waals surface area contributed by atoms with Gasteiger partial charge in [-0.15, -0.1) is 0 Å². The predicted molar refractivity (Wildman–Crippen MR) is 63.7 cm³/mol. The molecule has 1 aromatic carbocycles. The third kappa shape index (κ3) is 2.70. The average molecular weight is 219 g/mol. The summed E-state index contributed by atoms with van der Waals surface area (Å²) in [5.41, 5.74) is 2.26. The normalized spacial score (nSPS) is 10.0. The van der Waals surface area contributed by atoms with Crippen LogP contribution in [0.1, 0.15) is 5.56 Å². The lowest BCUT2D eigenvalue weighted by Crippen LogP contribution is -1.92. The minimum Gasteiger partial charge on any atom is -0.340 e. The van der Waals surface area contributed by atoms with Crippen molar-refractivity contribution in [3.05, 3.63) is 53.2 Å². The Morgan fingerprint density at radius 2 is 1.80 bits per heavy atom. The number of anilines is 2. The van der Waals surface area contributed by atoms with E-state index in [4.69, 9.17) is 11.6 Å². The molecule has 0 saturated carbocycles. The van der Waals surface area contributed by atoms with Crippen molar-refractivity contribution in [2.45, 2.75) is 6.92 Å². The average Bonchev–Trinajstić information content (AvgIpc) is 2.25. The van der Waals surface area contributed by atoms with Crippen molar-refractivity contribution in [2.24, 2.45) is 0 Å². The van der Waals surface area contributed by atoms with Crippen LogP contribution in [0.4, 0.5) is 11.5 Å². The van der Waals surface area contributed by atoms with Gasteiger partial charge in [0.15, 0.2) is 0 Å². The van der Waals surface area contributed by atoms with E-state index in [2.05, 4.69) is 29.4 Å². The molecular formula is C12H11ClN2. The molecule has 0 aliphatic carbocycles. The van der Waals surface area contributed by atoms with Gasteiger partial charge in [0.2, 0.25) is 0 Å². The largest absolute Gasteiger partial charge is 0.340 e. The number of benzene rings is 1. The van der Waals surface area contributed by atoms with Crippen LogP contribution in [0.5, 0.6) is 0 Å². The summed E-state index contributed by atoms with van der Waals surface area (Å²) in [4.78, 5) is 4.15. The standard InChI is InChI=1S/C12H11ClN2/c1-9-2-5-11(6-3-9)15-12-7-4-10(13)8-14-12/h2-8H,1H3,(H,14,15). The second kappa shape index (κ2) is 4.32.